The van der Waals surface area contributed by atoms with Gasteiger partial charge in [0.15, 0.2) is 16.5 Å². The molecule has 2 rings (SSSR count). The van der Waals surface area contributed by atoms with Crippen LogP contribution >= 0.6 is 0 Å². The fourth-order valence-corrected chi connectivity index (χ4v) is 1.89. The van der Waals surface area contributed by atoms with Crippen molar-refractivity contribution in [1.82, 2.24) is 0 Å². The van der Waals surface area contributed by atoms with Crippen molar-refractivity contribution in [2.45, 2.75) is 18.7 Å². The second-order valence-corrected chi connectivity index (χ2v) is 4.49. The fourth-order valence-electron chi connectivity index (χ4n) is 1.49. The van der Waals surface area contributed by atoms with E-state index in [9.17, 15) is 9.00 Å². The number of fused-ring (bicyclic) bond motifs is 1. The molecule has 0 amide bonds. The van der Waals surface area contributed by atoms with E-state index >= 15 is 0 Å². The Morgan fingerprint density at radius 1 is 1.31 bits per heavy atom. The van der Waals surface area contributed by atoms with Gasteiger partial charge in [0, 0.05) is 5.56 Å². The summed E-state index contributed by atoms with van der Waals surface area (Å²) < 4.78 is 25.3. The van der Waals surface area contributed by atoms with Crippen LogP contribution in [0, 0.1) is 13.8 Å². The number of rotatable bonds is 1. The van der Waals surface area contributed by atoms with Crippen molar-refractivity contribution in [3.05, 3.63) is 39.7 Å². The van der Waals surface area contributed by atoms with Crippen LogP contribution < -0.4 is 5.43 Å². The third-order valence-corrected chi connectivity index (χ3v) is 3.19. The molecule has 0 fully saturated rings. The SMILES string of the molecule is Cc1oc2ccc(S(=O)O)cc2c(=O)c1C. The van der Waals surface area contributed by atoms with Gasteiger partial charge in [-0.3, -0.25) is 4.79 Å². The van der Waals surface area contributed by atoms with Gasteiger partial charge < -0.3 is 8.97 Å². The smallest absolute Gasteiger partial charge is 0.195 e. The van der Waals surface area contributed by atoms with Crippen molar-refractivity contribution in [2.24, 2.45) is 0 Å². The normalized spacial score (nSPS) is 12.9. The quantitative estimate of drug-likeness (QED) is 0.771. The minimum atomic E-state index is -2.09. The predicted octanol–water partition coefficient (Wildman–Crippen LogP) is 1.99. The molecule has 1 N–H and O–H groups in total. The summed E-state index contributed by atoms with van der Waals surface area (Å²) in [5.41, 5.74) is 0.793. The molecule has 0 radical (unpaired) electrons. The van der Waals surface area contributed by atoms with Crippen LogP contribution in [0.4, 0.5) is 0 Å². The van der Waals surface area contributed by atoms with Crippen LogP contribution in [0.15, 0.2) is 32.3 Å². The first-order valence-electron chi connectivity index (χ1n) is 4.65. The molecule has 5 heteroatoms. The molecule has 16 heavy (non-hydrogen) atoms. The van der Waals surface area contributed by atoms with Crippen molar-refractivity contribution in [3.8, 4) is 0 Å². The van der Waals surface area contributed by atoms with Crippen LogP contribution in [-0.4, -0.2) is 8.76 Å². The van der Waals surface area contributed by atoms with Crippen LogP contribution in [-0.2, 0) is 11.1 Å². The molecule has 1 aromatic heterocycles. The average molecular weight is 238 g/mol. The van der Waals surface area contributed by atoms with Gasteiger partial charge in [0.2, 0.25) is 0 Å². The molecule has 0 saturated heterocycles. The Balaban J connectivity index is 2.88. The predicted molar refractivity (Wildman–Crippen MR) is 61.0 cm³/mol. The molecule has 84 valence electrons. The van der Waals surface area contributed by atoms with E-state index in [-0.39, 0.29) is 10.3 Å². The monoisotopic (exact) mass is 238 g/mol. The molecular formula is C11H10O4S. The van der Waals surface area contributed by atoms with Crippen molar-refractivity contribution in [1.29, 1.82) is 0 Å². The standard InChI is InChI=1S/C11H10O4S/c1-6-7(2)15-10-4-3-8(16(13)14)5-9(10)11(6)12/h3-5H,1-2H3,(H,13,14). The van der Waals surface area contributed by atoms with Crippen LogP contribution in [0.3, 0.4) is 0 Å². The summed E-state index contributed by atoms with van der Waals surface area (Å²) in [6, 6.07) is 4.40. The lowest BCUT2D eigenvalue weighted by Gasteiger charge is -2.03. The molecular weight excluding hydrogens is 228 g/mol. The lowest BCUT2D eigenvalue weighted by Crippen LogP contribution is -2.07. The Kier molecular flexibility index (Phi) is 2.65. The number of aryl methyl sites for hydroxylation is 1. The molecule has 4 nitrogen and oxygen atoms in total. The van der Waals surface area contributed by atoms with Gasteiger partial charge in [-0.15, -0.1) is 0 Å². The molecule has 1 aromatic carbocycles. The topological polar surface area (TPSA) is 67.5 Å². The van der Waals surface area contributed by atoms with Crippen molar-refractivity contribution in [2.75, 3.05) is 0 Å². The molecule has 1 atom stereocenters. The van der Waals surface area contributed by atoms with Gasteiger partial charge >= 0.3 is 0 Å². The summed E-state index contributed by atoms with van der Waals surface area (Å²) in [6.07, 6.45) is 0. The Morgan fingerprint density at radius 2 is 2.00 bits per heavy atom. The van der Waals surface area contributed by atoms with Gasteiger partial charge in [0.05, 0.1) is 10.3 Å². The Bertz CT molecular complexity index is 642. The van der Waals surface area contributed by atoms with Crippen molar-refractivity contribution in [3.63, 3.8) is 0 Å². The number of benzene rings is 1. The first-order valence-corrected chi connectivity index (χ1v) is 5.76. The lowest BCUT2D eigenvalue weighted by atomic mass is 10.1. The number of hydrogen-bond acceptors (Lipinski definition) is 3. The van der Waals surface area contributed by atoms with E-state index in [1.165, 1.54) is 18.2 Å². The van der Waals surface area contributed by atoms with E-state index in [2.05, 4.69) is 0 Å². The van der Waals surface area contributed by atoms with Crippen molar-refractivity contribution >= 4 is 22.0 Å². The van der Waals surface area contributed by atoms with E-state index in [1.807, 2.05) is 0 Å². The summed E-state index contributed by atoms with van der Waals surface area (Å²) in [5.74, 6) is 0.565. The van der Waals surface area contributed by atoms with Gasteiger partial charge in [0.1, 0.15) is 11.3 Å². The van der Waals surface area contributed by atoms with E-state index in [1.54, 1.807) is 13.8 Å². The van der Waals surface area contributed by atoms with Gasteiger partial charge in [-0.1, -0.05) is 0 Å². The van der Waals surface area contributed by atoms with Crippen LogP contribution in [0.25, 0.3) is 11.0 Å². The zero-order valence-electron chi connectivity index (χ0n) is 8.81. The minimum absolute atomic E-state index is 0.161. The van der Waals surface area contributed by atoms with Gasteiger partial charge in [-0.05, 0) is 32.0 Å². The number of hydrogen-bond donors (Lipinski definition) is 1. The van der Waals surface area contributed by atoms with E-state index in [0.717, 1.165) is 0 Å². The molecule has 0 spiro atoms. The molecule has 0 saturated carbocycles. The Morgan fingerprint density at radius 3 is 2.62 bits per heavy atom. The van der Waals surface area contributed by atoms with E-state index < -0.39 is 11.1 Å². The summed E-state index contributed by atoms with van der Waals surface area (Å²) in [5, 5.41) is 0.336. The third kappa shape index (κ3) is 1.68. The second-order valence-electron chi connectivity index (χ2n) is 3.52. The van der Waals surface area contributed by atoms with Crippen LogP contribution in [0.2, 0.25) is 0 Å². The lowest BCUT2D eigenvalue weighted by molar-refractivity contribution is 0.557. The van der Waals surface area contributed by atoms with Gasteiger partial charge in [-0.2, -0.15) is 0 Å². The molecule has 0 aliphatic carbocycles. The summed E-state index contributed by atoms with van der Waals surface area (Å²) in [6.45, 7) is 3.39. The molecule has 0 bridgehead atoms. The fraction of sp³-hybridized carbons (Fsp3) is 0.182. The molecule has 0 aliphatic rings. The third-order valence-electron chi connectivity index (χ3n) is 2.53. The van der Waals surface area contributed by atoms with Crippen LogP contribution in [0.5, 0.6) is 0 Å². The zero-order valence-corrected chi connectivity index (χ0v) is 9.63. The second kappa shape index (κ2) is 3.84. The summed E-state index contributed by atoms with van der Waals surface area (Å²) >= 11 is -2.09. The molecule has 1 unspecified atom stereocenters. The highest BCUT2D eigenvalue weighted by molar-refractivity contribution is 7.79. The van der Waals surface area contributed by atoms with Crippen molar-refractivity contribution < 1.29 is 13.2 Å². The molecule has 1 heterocycles. The van der Waals surface area contributed by atoms with E-state index in [0.29, 0.717) is 22.3 Å². The van der Waals surface area contributed by atoms with E-state index in [4.69, 9.17) is 8.97 Å². The Hall–Kier alpha value is -1.46. The van der Waals surface area contributed by atoms with Gasteiger partial charge in [0.25, 0.3) is 0 Å². The summed E-state index contributed by atoms with van der Waals surface area (Å²) in [4.78, 5) is 12.1. The Labute approximate surface area is 94.2 Å². The molecule has 2 aromatic rings. The highest BCUT2D eigenvalue weighted by Gasteiger charge is 2.09. The summed E-state index contributed by atoms with van der Waals surface area (Å²) in [7, 11) is 0. The maximum absolute atomic E-state index is 11.9. The minimum Gasteiger partial charge on any atom is -0.461 e. The van der Waals surface area contributed by atoms with Gasteiger partial charge in [-0.25, -0.2) is 4.21 Å². The average Bonchev–Trinajstić information content (AvgIpc) is 2.25. The maximum Gasteiger partial charge on any atom is 0.195 e. The van der Waals surface area contributed by atoms with Crippen LogP contribution in [0.1, 0.15) is 11.3 Å². The largest absolute Gasteiger partial charge is 0.461 e. The maximum atomic E-state index is 11.9. The highest BCUT2D eigenvalue weighted by Crippen LogP contribution is 2.17. The zero-order chi connectivity index (χ0) is 11.9. The first-order chi connectivity index (χ1) is 7.50. The first kappa shape index (κ1) is 11.0. The highest BCUT2D eigenvalue weighted by atomic mass is 32.2. The molecule has 0 aliphatic heterocycles.